The highest BCUT2D eigenvalue weighted by Gasteiger charge is 2.38. The Hall–Kier alpha value is -11.0. The molecular weight excluding hydrogens is 1660 g/mol. The number of nitrogens with two attached hydrogens (primary N) is 1. The molecule has 5 saturated heterocycles. The second-order valence-electron chi connectivity index (χ2n) is 23.3. The number of non-ortho nitro benzene ring substituents is 3. The second-order valence-corrected chi connectivity index (χ2v) is 24.5. The van der Waals surface area contributed by atoms with Gasteiger partial charge in [0.15, 0.2) is 0 Å². The molecule has 7 aromatic carbocycles. The van der Waals surface area contributed by atoms with Gasteiger partial charge in [-0.1, -0.05) is 52.3 Å². The number of halogens is 17. The van der Waals surface area contributed by atoms with Crippen molar-refractivity contribution in [3.8, 4) is 11.5 Å². The highest BCUT2D eigenvalue weighted by atomic mass is 79.9. The van der Waals surface area contributed by atoms with E-state index in [1.165, 1.54) is 34.1 Å². The van der Waals surface area contributed by atoms with E-state index in [2.05, 4.69) is 31.3 Å². The van der Waals surface area contributed by atoms with Crippen molar-refractivity contribution in [3.63, 3.8) is 0 Å². The second kappa shape index (κ2) is 42.2. The quantitative estimate of drug-likeness (QED) is 0.0376. The molecule has 5 aliphatic rings. The number of nitrogens with one attached hydrogen (secondary N) is 2. The first-order valence-electron chi connectivity index (χ1n) is 51.6. The summed E-state index contributed by atoms with van der Waals surface area (Å²) >= 11 is 7.72. The Kier molecular flexibility index (Phi) is 24.6. The zero-order valence-electron chi connectivity index (χ0n) is 96.4. The minimum absolute atomic E-state index is 0.0214. The van der Waals surface area contributed by atoms with Gasteiger partial charge in [-0.25, -0.2) is 9.59 Å². The van der Waals surface area contributed by atoms with Crippen LogP contribution in [0.1, 0.15) is 84.2 Å². The molecule has 45 heteroatoms. The lowest BCUT2D eigenvalue weighted by atomic mass is 10.1. The molecule has 5 heterocycles. The van der Waals surface area contributed by atoms with Crippen molar-refractivity contribution in [2.45, 2.75) is 30.9 Å². The van der Waals surface area contributed by atoms with E-state index in [1.54, 1.807) is 47.4 Å². The first-order valence-corrected chi connectivity index (χ1v) is 33.8. The minimum atomic E-state index is -4.73. The number of hydrogen-bond acceptors (Lipinski definition) is 21. The maximum absolute atomic E-state index is 13.2. The summed E-state index contributed by atoms with van der Waals surface area (Å²) in [6, 6.07) is 29.8. The molecule has 4 amide bonds. The van der Waals surface area contributed by atoms with Gasteiger partial charge in [-0.2, -0.15) is 65.9 Å². The van der Waals surface area contributed by atoms with Crippen LogP contribution in [0.3, 0.4) is 0 Å². The number of alkyl halides is 15. The number of nitro benzene ring substituents is 3. The highest BCUT2D eigenvalue weighted by Crippen LogP contribution is 2.40. The van der Waals surface area contributed by atoms with Crippen molar-refractivity contribution in [1.82, 2.24) is 5.32 Å². The molecule has 0 saturated carbocycles. The summed E-state index contributed by atoms with van der Waals surface area (Å²) in [5.41, 5.74) is -2.26. The lowest BCUT2D eigenvalue weighted by Crippen LogP contribution is -2.41. The number of nitrogens with zero attached hydrogens (tertiary/aromatic N) is 7. The largest absolute Gasteiger partial charge is 0.417 e. The Labute approximate surface area is 706 Å². The molecule has 654 valence electrons. The Morgan fingerprint density at radius 2 is 0.798 bits per heavy atom. The average molecular weight is 1800 g/mol. The molecule has 7 aromatic rings. The van der Waals surface area contributed by atoms with Crippen LogP contribution in [0.5, 0.6) is 11.5 Å². The van der Waals surface area contributed by atoms with Gasteiger partial charge in [0.1, 0.15) is 31.3 Å². The monoisotopic (exact) mass is 1790 g/mol. The van der Waals surface area contributed by atoms with Crippen LogP contribution in [0.2, 0.25) is 0 Å². The first kappa shape index (κ1) is 66.4. The standard InChI is InChI=1S/C18H15F3N2O4.C11H9F3N2O4.C11H11F3N2O3.C11H11F3N2O2.C7H3BrF3NO2.C7H5ClO2.C4H9NO.19H2/c19-18(20,21)12-8-13(22-17(25)27-15-4-2-1-3-5-15)10-14(9-12)23-6-7-26-11-16(23)24;12-11(13,14)7-3-8(5-9(4-7)16(18)19)15-1-2-20-6-10(15)17;12-11(13,14)8-5-9(7-10(6-8)16(17)18)15-1-3-19-4-2-15;12-11(13,14)7-3-8(15)5-9(4-7)16-1-2-18-6-10(16)17;8-5-1-4(7(9,10)11)2-6(3-5)12(13)14;8-7(9)10-6-4-2-1-3-5-6;1-3-6-4-2-5-1;;;;;;;;;;;;;;;;;;;/h1-5,8-10H,6-7,11H2,(H,22,25);3-5H,1-2,6H2;5-7H,1-4H2;3-5H,1-2,6,15H2;1-3H;1-5H;5H,1-4H2;19*1H/i;;;;;;;19*1+1D. The Balaban J connectivity index is -0.000000118. The van der Waals surface area contributed by atoms with Crippen LogP contribution in [0.4, 0.5) is 127 Å². The zero-order chi connectivity index (χ0) is 122. The zero-order valence-corrected chi connectivity index (χ0v) is 60.8. The molecule has 0 radical (unpaired) electrons. The number of carbonyl (C=O) groups is 5. The first-order chi connectivity index (χ1) is 72.5. The fraction of sp³-hybridized carbons (Fsp3) is 0.319. The molecule has 0 aliphatic carbocycles. The van der Waals surface area contributed by atoms with Gasteiger partial charge in [-0.3, -0.25) is 50.0 Å². The van der Waals surface area contributed by atoms with Crippen LogP contribution in [0.25, 0.3) is 0 Å². The van der Waals surface area contributed by atoms with Crippen molar-refractivity contribution in [2.75, 3.05) is 143 Å². The summed E-state index contributed by atoms with van der Waals surface area (Å²) < 4.78 is 415. The maximum Gasteiger partial charge on any atom is 0.417 e. The van der Waals surface area contributed by atoms with E-state index in [4.69, 9.17) is 102 Å². The normalized spacial score (nSPS) is 16.6. The number of para-hydroxylation sites is 2. The molecule has 0 bridgehead atoms. The number of carbonyl (C=O) groups excluding carboxylic acids is 5. The lowest BCUT2D eigenvalue weighted by Gasteiger charge is -2.29. The van der Waals surface area contributed by atoms with Gasteiger partial charge in [-0.15, -0.1) is 0 Å². The van der Waals surface area contributed by atoms with Crippen molar-refractivity contribution >= 4 is 108 Å². The van der Waals surface area contributed by atoms with Crippen molar-refractivity contribution in [3.05, 3.63) is 214 Å². The third-order valence-corrected chi connectivity index (χ3v) is 15.6. The summed E-state index contributed by atoms with van der Waals surface area (Å²) in [7, 11) is 0. The van der Waals surface area contributed by atoms with E-state index in [0.29, 0.717) is 56.9 Å². The summed E-state index contributed by atoms with van der Waals surface area (Å²) in [4.78, 5) is 91.4. The molecule has 5 aliphatic heterocycles. The summed E-state index contributed by atoms with van der Waals surface area (Å²) in [5.74, 6) is -0.670. The van der Waals surface area contributed by atoms with Gasteiger partial charge >= 0.3 is 42.4 Å². The van der Waals surface area contributed by atoms with Crippen LogP contribution in [-0.4, -0.2) is 156 Å². The van der Waals surface area contributed by atoms with Gasteiger partial charge in [0.05, 0.1) is 94.5 Å². The van der Waals surface area contributed by atoms with E-state index >= 15 is 0 Å². The lowest BCUT2D eigenvalue weighted by molar-refractivity contribution is -0.385. The Morgan fingerprint density at radius 3 is 1.18 bits per heavy atom. The van der Waals surface area contributed by atoms with Gasteiger partial charge in [0, 0.05) is 183 Å². The predicted octanol–water partition coefficient (Wildman–Crippen LogP) is 19.8. The van der Waals surface area contributed by atoms with Crippen LogP contribution in [0, 0.1) is 30.3 Å². The van der Waals surface area contributed by atoms with Crippen LogP contribution in [-0.2, 0) is 68.9 Å². The van der Waals surface area contributed by atoms with E-state index in [-0.39, 0.29) is 103 Å². The smallest absolute Gasteiger partial charge is 0.415 e. The number of benzene rings is 7. The van der Waals surface area contributed by atoms with Gasteiger partial charge in [0.25, 0.3) is 34.8 Å². The molecule has 0 unspecified atom stereocenters. The SMILES string of the molecule is C1COCCN1.Nc1cc(N2CCOCC2=O)cc(C(F)(F)F)c1.O=C(Cl)Oc1ccccc1.O=C(Nc1cc(N2CCOCC2=O)cc(C(F)(F)F)c1)Oc1ccccc1.O=C1COCCN1c1cc([N+](=O)[O-])cc(C(F)(F)F)c1.O=[N+]([O-])c1cc(Br)cc(C(F)(F)F)c1.O=[N+]([O-])c1cc(N2CCOCC2)cc(C(F)(F)F)c1.[2H][2H].[2H][2H].[2H][2H].[2H][2H].[2H][2H].[2H][2H].[2H][2H].[2H][2H].[2H][2H].[2H][2H].[2H][2H].[2H][2H].[2H][2H].[2H][2H].[2H][2H].[2H][2H].[2H][2H].[2H][2H].[2H][2H]. The van der Waals surface area contributed by atoms with Crippen molar-refractivity contribution in [1.29, 1.82) is 0 Å². The third kappa shape index (κ3) is 30.5. The van der Waals surface area contributed by atoms with E-state index in [9.17, 15) is 120 Å². The number of ether oxygens (including phenoxy) is 7. The van der Waals surface area contributed by atoms with Crippen LogP contribution < -0.4 is 45.4 Å². The van der Waals surface area contributed by atoms with Gasteiger partial charge in [-0.05, 0) is 78.9 Å². The summed E-state index contributed by atoms with van der Waals surface area (Å²) in [5, 5.41) is 37.1. The number of anilines is 6. The van der Waals surface area contributed by atoms with Crippen LogP contribution >= 0.6 is 27.5 Å². The fourth-order valence-electron chi connectivity index (χ4n) is 9.90. The van der Waals surface area contributed by atoms with Gasteiger partial charge in [0.2, 0.25) is 0 Å². The molecule has 0 spiro atoms. The minimum Gasteiger partial charge on any atom is -0.415 e. The number of hydrogen-bond donors (Lipinski definition) is 3. The highest BCUT2D eigenvalue weighted by molar-refractivity contribution is 9.10. The molecular formula is C69H101BrClF15N10O18. The number of morpholine rings is 5. The molecule has 0 aromatic heterocycles. The maximum atomic E-state index is 13.2. The molecule has 4 N–H and O–H groups in total. The number of amides is 4. The van der Waals surface area contributed by atoms with E-state index in [1.807, 2.05) is 6.07 Å². The van der Waals surface area contributed by atoms with E-state index < -0.39 is 114 Å². The molecule has 5 fully saturated rings. The average Bonchev–Trinajstić information content (AvgIpc) is 1.27. The number of nitrogen functional groups attached to an aromatic ring is 1. The Bertz CT molecular complexity index is 4570. The van der Waals surface area contributed by atoms with Crippen LogP contribution in [0.15, 0.2) is 156 Å². The van der Waals surface area contributed by atoms with E-state index in [0.717, 1.165) is 91.9 Å². The van der Waals surface area contributed by atoms with Crippen molar-refractivity contribution in [2.24, 2.45) is 0 Å². The molecule has 114 heavy (non-hydrogen) atoms. The van der Waals surface area contributed by atoms with Gasteiger partial charge < -0.3 is 63.8 Å². The predicted molar refractivity (Wildman–Crippen MR) is 420 cm³/mol. The van der Waals surface area contributed by atoms with Crippen molar-refractivity contribution < 1.29 is 194 Å². The number of nitro groups is 3. The molecule has 12 rings (SSSR count). The molecule has 28 nitrogen and oxygen atoms in total. The third-order valence-electron chi connectivity index (χ3n) is 15.1. The Morgan fingerprint density at radius 1 is 0.456 bits per heavy atom. The topological polar surface area (TPSA) is 342 Å². The summed E-state index contributed by atoms with van der Waals surface area (Å²) in [6.45, 7) is 5.91. The number of rotatable bonds is 10. The fourth-order valence-corrected chi connectivity index (χ4v) is 10.5. The summed E-state index contributed by atoms with van der Waals surface area (Å²) in [6.07, 6.45) is -24.0. The molecule has 0 atom stereocenters.